The molecule has 114 valence electrons. The summed E-state index contributed by atoms with van der Waals surface area (Å²) in [5, 5.41) is 3.29. The number of hydrogen-bond donors (Lipinski definition) is 1. The van der Waals surface area contributed by atoms with Crippen molar-refractivity contribution >= 4 is 22.9 Å². The van der Waals surface area contributed by atoms with Gasteiger partial charge in [-0.15, -0.1) is 11.3 Å². The highest BCUT2D eigenvalue weighted by atomic mass is 35.5. The average Bonchev–Trinajstić information content (AvgIpc) is 2.84. The third-order valence-corrected chi connectivity index (χ3v) is 4.43. The van der Waals surface area contributed by atoms with Gasteiger partial charge < -0.3 is 5.32 Å². The Bertz CT molecular complexity index is 595. The molecule has 0 fully saturated rings. The topological polar surface area (TPSA) is 12.0 Å². The Morgan fingerprint density at radius 1 is 1.24 bits per heavy atom. The summed E-state index contributed by atoms with van der Waals surface area (Å²) in [5.74, 6) is 0. The molecule has 0 spiro atoms. The van der Waals surface area contributed by atoms with E-state index in [1.807, 2.05) is 13.0 Å². The molecule has 2 rings (SSSR count). The predicted octanol–water partition coefficient (Wildman–Crippen LogP) is 5.31. The summed E-state index contributed by atoms with van der Waals surface area (Å²) in [6.07, 6.45) is -3.81. The molecule has 21 heavy (non-hydrogen) atoms. The van der Waals surface area contributed by atoms with Crippen molar-refractivity contribution in [3.05, 3.63) is 56.7 Å². The van der Waals surface area contributed by atoms with E-state index in [1.165, 1.54) is 23.5 Å². The summed E-state index contributed by atoms with van der Waals surface area (Å²) in [6, 6.07) is 9.15. The number of nitrogens with one attached hydrogen (secondary N) is 1. The van der Waals surface area contributed by atoms with Gasteiger partial charge in [0.05, 0.1) is 9.90 Å². The van der Waals surface area contributed by atoms with E-state index < -0.39 is 11.7 Å². The van der Waals surface area contributed by atoms with Crippen molar-refractivity contribution in [2.45, 2.75) is 25.6 Å². The van der Waals surface area contributed by atoms with Gasteiger partial charge in [-0.25, -0.2) is 0 Å². The van der Waals surface area contributed by atoms with Gasteiger partial charge in [0.2, 0.25) is 0 Å². The molecular formula is C15H15ClF3NS. The van der Waals surface area contributed by atoms with Crippen LogP contribution in [-0.2, 0) is 12.6 Å². The zero-order valence-electron chi connectivity index (χ0n) is 11.4. The summed E-state index contributed by atoms with van der Waals surface area (Å²) in [5.41, 5.74) is 0.0414. The second kappa shape index (κ2) is 6.81. The molecule has 1 aromatic heterocycles. The molecule has 1 unspecified atom stereocenters. The standard InChI is InChI=1S/C15H15ClF3NS/c1-2-20-12(13-6-7-14(16)21-13)9-10-4-3-5-11(8-10)15(17,18)19/h3-8,12,20H,2,9H2,1H3. The van der Waals surface area contributed by atoms with Crippen LogP contribution in [-0.4, -0.2) is 6.54 Å². The van der Waals surface area contributed by atoms with Crippen molar-refractivity contribution in [1.29, 1.82) is 0 Å². The molecular weight excluding hydrogens is 319 g/mol. The summed E-state index contributed by atoms with van der Waals surface area (Å²) >= 11 is 7.38. The third-order valence-electron chi connectivity index (χ3n) is 3.08. The predicted molar refractivity (Wildman–Crippen MR) is 80.9 cm³/mol. The first-order chi connectivity index (χ1) is 9.90. The molecule has 6 heteroatoms. The van der Waals surface area contributed by atoms with Crippen LogP contribution in [0, 0.1) is 0 Å². The number of rotatable bonds is 5. The van der Waals surface area contributed by atoms with E-state index in [1.54, 1.807) is 12.1 Å². The molecule has 0 saturated carbocycles. The van der Waals surface area contributed by atoms with Crippen LogP contribution < -0.4 is 5.32 Å². The van der Waals surface area contributed by atoms with Gasteiger partial charge in [-0.1, -0.05) is 36.7 Å². The Balaban J connectivity index is 2.21. The van der Waals surface area contributed by atoms with Gasteiger partial charge in [0.15, 0.2) is 0 Å². The van der Waals surface area contributed by atoms with E-state index >= 15 is 0 Å². The Morgan fingerprint density at radius 3 is 2.57 bits per heavy atom. The molecule has 1 atom stereocenters. The Labute approximate surface area is 130 Å². The Hall–Kier alpha value is -1.04. The van der Waals surface area contributed by atoms with Crippen LogP contribution in [0.5, 0.6) is 0 Å². The molecule has 0 aliphatic heterocycles. The zero-order chi connectivity index (χ0) is 15.5. The summed E-state index contributed by atoms with van der Waals surface area (Å²) < 4.78 is 38.9. The lowest BCUT2D eigenvalue weighted by Gasteiger charge is -2.17. The summed E-state index contributed by atoms with van der Waals surface area (Å²) in [7, 11) is 0. The molecule has 0 saturated heterocycles. The second-order valence-corrected chi connectivity index (χ2v) is 6.40. The van der Waals surface area contributed by atoms with Crippen LogP contribution in [0.4, 0.5) is 13.2 Å². The normalized spacial score (nSPS) is 13.4. The van der Waals surface area contributed by atoms with E-state index in [-0.39, 0.29) is 6.04 Å². The first kappa shape index (κ1) is 16.3. The highest BCUT2D eigenvalue weighted by molar-refractivity contribution is 7.16. The van der Waals surface area contributed by atoms with E-state index in [2.05, 4.69) is 5.32 Å². The minimum atomic E-state index is -4.31. The minimum Gasteiger partial charge on any atom is -0.309 e. The van der Waals surface area contributed by atoms with Gasteiger partial charge >= 0.3 is 6.18 Å². The molecule has 0 radical (unpaired) electrons. The largest absolute Gasteiger partial charge is 0.416 e. The van der Waals surface area contributed by atoms with E-state index in [9.17, 15) is 13.2 Å². The van der Waals surface area contributed by atoms with Crippen molar-refractivity contribution in [2.75, 3.05) is 6.54 Å². The maximum absolute atomic E-state index is 12.7. The monoisotopic (exact) mass is 333 g/mol. The lowest BCUT2D eigenvalue weighted by Crippen LogP contribution is -2.22. The number of likely N-dealkylation sites (N-methyl/N-ethyl adjacent to an activating group) is 1. The summed E-state index contributed by atoms with van der Waals surface area (Å²) in [6.45, 7) is 2.70. The van der Waals surface area contributed by atoms with Crippen LogP contribution in [0.3, 0.4) is 0 Å². The Morgan fingerprint density at radius 2 is 2.00 bits per heavy atom. The lowest BCUT2D eigenvalue weighted by atomic mass is 10.0. The Kier molecular flexibility index (Phi) is 5.30. The average molecular weight is 334 g/mol. The van der Waals surface area contributed by atoms with Gasteiger partial charge in [0.25, 0.3) is 0 Å². The molecule has 0 bridgehead atoms. The quantitative estimate of drug-likeness (QED) is 0.781. The van der Waals surface area contributed by atoms with Gasteiger partial charge in [-0.05, 0) is 36.7 Å². The van der Waals surface area contributed by atoms with E-state index in [0.29, 0.717) is 16.3 Å². The summed E-state index contributed by atoms with van der Waals surface area (Å²) in [4.78, 5) is 1.03. The fraction of sp³-hybridized carbons (Fsp3) is 0.333. The molecule has 1 N–H and O–H groups in total. The van der Waals surface area contributed by atoms with Gasteiger partial charge in [0.1, 0.15) is 0 Å². The van der Waals surface area contributed by atoms with Crippen LogP contribution in [0.1, 0.15) is 29.0 Å². The number of hydrogen-bond acceptors (Lipinski definition) is 2. The molecule has 2 aromatic rings. The first-order valence-electron chi connectivity index (χ1n) is 6.55. The number of halogens is 4. The second-order valence-electron chi connectivity index (χ2n) is 4.65. The number of thiophene rings is 1. The number of benzene rings is 1. The smallest absolute Gasteiger partial charge is 0.309 e. The molecule has 0 aliphatic carbocycles. The van der Waals surface area contributed by atoms with Crippen LogP contribution in [0.25, 0.3) is 0 Å². The van der Waals surface area contributed by atoms with Crippen molar-refractivity contribution in [1.82, 2.24) is 5.32 Å². The maximum Gasteiger partial charge on any atom is 0.416 e. The third kappa shape index (κ3) is 4.46. The van der Waals surface area contributed by atoms with Crippen LogP contribution >= 0.6 is 22.9 Å². The minimum absolute atomic E-state index is 0.0315. The van der Waals surface area contributed by atoms with Crippen molar-refractivity contribution in [2.24, 2.45) is 0 Å². The van der Waals surface area contributed by atoms with Crippen LogP contribution in [0.2, 0.25) is 4.34 Å². The maximum atomic E-state index is 12.7. The lowest BCUT2D eigenvalue weighted by molar-refractivity contribution is -0.137. The van der Waals surface area contributed by atoms with Gasteiger partial charge in [-0.3, -0.25) is 0 Å². The highest BCUT2D eigenvalue weighted by Gasteiger charge is 2.30. The van der Waals surface area contributed by atoms with Gasteiger partial charge in [-0.2, -0.15) is 13.2 Å². The fourth-order valence-corrected chi connectivity index (χ4v) is 3.28. The SMILES string of the molecule is CCNC(Cc1cccc(C(F)(F)F)c1)c1ccc(Cl)s1. The molecule has 1 aromatic carbocycles. The van der Waals surface area contributed by atoms with E-state index in [4.69, 9.17) is 11.6 Å². The van der Waals surface area contributed by atoms with Crippen molar-refractivity contribution < 1.29 is 13.2 Å². The van der Waals surface area contributed by atoms with E-state index in [0.717, 1.165) is 17.5 Å². The fourth-order valence-electron chi connectivity index (χ4n) is 2.15. The highest BCUT2D eigenvalue weighted by Crippen LogP contribution is 2.32. The first-order valence-corrected chi connectivity index (χ1v) is 7.74. The molecule has 0 amide bonds. The van der Waals surface area contributed by atoms with Crippen LogP contribution in [0.15, 0.2) is 36.4 Å². The molecule has 1 nitrogen and oxygen atoms in total. The van der Waals surface area contributed by atoms with Gasteiger partial charge in [0, 0.05) is 10.9 Å². The molecule has 1 heterocycles. The van der Waals surface area contributed by atoms with Crippen molar-refractivity contribution in [3.63, 3.8) is 0 Å². The number of alkyl halides is 3. The molecule has 0 aliphatic rings. The van der Waals surface area contributed by atoms with Crippen molar-refractivity contribution in [3.8, 4) is 0 Å². The zero-order valence-corrected chi connectivity index (χ0v) is 12.9.